The van der Waals surface area contributed by atoms with Gasteiger partial charge in [-0.25, -0.2) is 0 Å². The van der Waals surface area contributed by atoms with E-state index in [0.29, 0.717) is 29.1 Å². The van der Waals surface area contributed by atoms with Crippen LogP contribution >= 0.6 is 11.6 Å². The van der Waals surface area contributed by atoms with E-state index in [1.807, 2.05) is 42.5 Å². The van der Waals surface area contributed by atoms with Gasteiger partial charge in [-0.3, -0.25) is 9.78 Å². The van der Waals surface area contributed by atoms with E-state index in [1.54, 1.807) is 25.4 Å². The first-order chi connectivity index (χ1) is 21.5. The molecule has 0 saturated heterocycles. The van der Waals surface area contributed by atoms with Crippen LogP contribution in [0.5, 0.6) is 11.5 Å². The number of likely N-dealkylation sites (N-methyl/N-ethyl adjacent to an activating group) is 1. The number of alkyl halides is 3. The fourth-order valence-corrected chi connectivity index (χ4v) is 5.78. The van der Waals surface area contributed by atoms with Gasteiger partial charge in [0.05, 0.1) is 28.8 Å². The number of hydrogen-bond acceptors (Lipinski definition) is 6. The van der Waals surface area contributed by atoms with Gasteiger partial charge in [-0.15, -0.1) is 0 Å². The van der Waals surface area contributed by atoms with E-state index in [4.69, 9.17) is 21.1 Å². The Labute approximate surface area is 263 Å². The number of nitrogens with zero attached hydrogens (tertiary/aromatic N) is 2. The molecule has 6 rings (SSSR count). The third-order valence-electron chi connectivity index (χ3n) is 8.46. The number of carbonyl (C=O) groups is 1. The van der Waals surface area contributed by atoms with Crippen LogP contribution in [-0.4, -0.2) is 49.0 Å². The lowest BCUT2D eigenvalue weighted by molar-refractivity contribution is -0.137. The fourth-order valence-electron chi connectivity index (χ4n) is 5.55. The molecule has 0 atom stereocenters. The Kier molecular flexibility index (Phi) is 8.09. The Morgan fingerprint density at radius 2 is 1.80 bits per heavy atom. The molecular formula is C35H31ClF3N3O3. The van der Waals surface area contributed by atoms with Crippen LogP contribution in [0.15, 0.2) is 79.0 Å². The zero-order valence-electron chi connectivity index (χ0n) is 25.0. The number of carbonyl (C=O) groups excluding carboxylic acids is 1. The predicted octanol–water partition coefficient (Wildman–Crippen LogP) is 8.71. The van der Waals surface area contributed by atoms with Gasteiger partial charge in [-0.2, -0.15) is 13.2 Å². The number of Topliss-reactive ketones (excluding diaryl/α,β-unsaturated/α-hetero) is 1. The summed E-state index contributed by atoms with van der Waals surface area (Å²) in [5.74, 6) is 0.955. The lowest BCUT2D eigenvalue weighted by atomic mass is 9.96. The van der Waals surface area contributed by atoms with Crippen LogP contribution in [0.4, 0.5) is 24.5 Å². The van der Waals surface area contributed by atoms with E-state index in [9.17, 15) is 18.0 Å². The Morgan fingerprint density at radius 1 is 1.00 bits per heavy atom. The maximum Gasteiger partial charge on any atom is 0.417 e. The highest BCUT2D eigenvalue weighted by atomic mass is 35.5. The molecule has 1 aliphatic rings. The molecular weight excluding hydrogens is 603 g/mol. The van der Waals surface area contributed by atoms with Crippen molar-refractivity contribution in [1.82, 2.24) is 9.88 Å². The molecule has 0 radical (unpaired) electrons. The van der Waals surface area contributed by atoms with Crippen molar-refractivity contribution in [2.45, 2.75) is 31.0 Å². The molecule has 0 amide bonds. The number of ether oxygens (including phenoxy) is 2. The number of methoxy groups -OCH3 is 1. The normalized spacial score (nSPS) is 14.1. The second-order valence-electron chi connectivity index (χ2n) is 11.6. The van der Waals surface area contributed by atoms with E-state index < -0.39 is 16.8 Å². The van der Waals surface area contributed by atoms with E-state index in [0.717, 1.165) is 46.6 Å². The van der Waals surface area contributed by atoms with Crippen LogP contribution in [0.1, 0.15) is 34.3 Å². The molecule has 4 aromatic carbocycles. The van der Waals surface area contributed by atoms with Crippen molar-refractivity contribution in [1.29, 1.82) is 0 Å². The topological polar surface area (TPSA) is 63.7 Å². The van der Waals surface area contributed by atoms with Crippen LogP contribution in [-0.2, 0) is 12.6 Å². The minimum atomic E-state index is -4.61. The second-order valence-corrected chi connectivity index (χ2v) is 12.0. The smallest absolute Gasteiger partial charge is 0.417 e. The minimum absolute atomic E-state index is 0.0594. The largest absolute Gasteiger partial charge is 0.493 e. The summed E-state index contributed by atoms with van der Waals surface area (Å²) < 4.78 is 51.9. The first-order valence-corrected chi connectivity index (χ1v) is 14.8. The Hall–Kier alpha value is -4.34. The summed E-state index contributed by atoms with van der Waals surface area (Å²) >= 11 is 5.75. The number of benzene rings is 4. The quantitative estimate of drug-likeness (QED) is 0.155. The lowest BCUT2D eigenvalue weighted by Gasteiger charge is -2.24. The average Bonchev–Trinajstić information content (AvgIpc) is 3.81. The summed E-state index contributed by atoms with van der Waals surface area (Å²) in [6, 6.07) is 20.2. The molecule has 0 unspecified atom stereocenters. The predicted molar refractivity (Wildman–Crippen MR) is 171 cm³/mol. The fraction of sp³-hybridized carbons (Fsp3) is 0.257. The number of nitrogens with one attached hydrogen (secondary N) is 1. The number of rotatable bonds is 10. The van der Waals surface area contributed by atoms with Gasteiger partial charge in [0.25, 0.3) is 0 Å². The molecule has 0 spiro atoms. The standard InChI is InChI=1S/C35H31ClF3N3O3/c1-42(2)34(12-13-34)20-45-33-19-30-26(18-32(33)44-3)29(11-14-40-30)41-23-8-9-24-22(17-23)5-4-6-25(24)31(43)16-21-7-10-28(36)27(15-21)35(37,38)39/h4-11,14-15,17-19H,12-13,16,20H2,1-3H3,(H,40,41). The highest BCUT2D eigenvalue weighted by Crippen LogP contribution is 2.42. The summed E-state index contributed by atoms with van der Waals surface area (Å²) in [6.07, 6.45) is -0.886. The molecule has 5 aromatic rings. The SMILES string of the molecule is COc1cc2c(Nc3ccc4c(C(=O)Cc5ccc(Cl)c(C(F)(F)F)c5)cccc4c3)ccnc2cc1OCC1(N(C)C)CC1. The molecule has 232 valence electrons. The van der Waals surface area contributed by atoms with E-state index in [-0.39, 0.29) is 23.3 Å². The Morgan fingerprint density at radius 3 is 2.51 bits per heavy atom. The summed E-state index contributed by atoms with van der Waals surface area (Å²) in [5, 5.41) is 5.41. The molecule has 1 heterocycles. The van der Waals surface area contributed by atoms with Gasteiger partial charge >= 0.3 is 6.18 Å². The van der Waals surface area contributed by atoms with Gasteiger partial charge < -0.3 is 19.7 Å². The maximum atomic E-state index is 13.3. The monoisotopic (exact) mass is 633 g/mol. The molecule has 0 aliphatic heterocycles. The first kappa shape index (κ1) is 30.7. The van der Waals surface area contributed by atoms with Crippen LogP contribution < -0.4 is 14.8 Å². The zero-order valence-corrected chi connectivity index (χ0v) is 25.7. The molecule has 1 N–H and O–H groups in total. The second kappa shape index (κ2) is 11.9. The third kappa shape index (κ3) is 6.28. The molecule has 0 bridgehead atoms. The molecule has 45 heavy (non-hydrogen) atoms. The van der Waals surface area contributed by atoms with Crippen molar-refractivity contribution in [3.8, 4) is 11.5 Å². The van der Waals surface area contributed by atoms with Crippen LogP contribution in [0.2, 0.25) is 5.02 Å². The van der Waals surface area contributed by atoms with Gasteiger partial charge in [-0.05, 0) is 79.7 Å². The number of aromatic nitrogens is 1. The maximum absolute atomic E-state index is 13.3. The number of hydrogen-bond donors (Lipinski definition) is 1. The average molecular weight is 634 g/mol. The third-order valence-corrected chi connectivity index (χ3v) is 8.79. The van der Waals surface area contributed by atoms with Crippen LogP contribution in [0.3, 0.4) is 0 Å². The van der Waals surface area contributed by atoms with Gasteiger partial charge in [0, 0.05) is 41.0 Å². The summed E-state index contributed by atoms with van der Waals surface area (Å²) in [4.78, 5) is 20.0. The lowest BCUT2D eigenvalue weighted by Crippen LogP contribution is -2.35. The zero-order chi connectivity index (χ0) is 31.9. The van der Waals surface area contributed by atoms with Crippen LogP contribution in [0, 0.1) is 0 Å². The Bertz CT molecular complexity index is 1920. The highest BCUT2D eigenvalue weighted by Gasteiger charge is 2.45. The molecule has 10 heteroatoms. The van der Waals surface area contributed by atoms with E-state index >= 15 is 0 Å². The van der Waals surface area contributed by atoms with Crippen molar-refractivity contribution < 1.29 is 27.4 Å². The first-order valence-electron chi connectivity index (χ1n) is 14.4. The van der Waals surface area contributed by atoms with Gasteiger partial charge in [0.2, 0.25) is 0 Å². The van der Waals surface area contributed by atoms with Gasteiger partial charge in [-0.1, -0.05) is 41.9 Å². The number of ketones is 1. The van der Waals surface area contributed by atoms with Gasteiger partial charge in [0.15, 0.2) is 17.3 Å². The van der Waals surface area contributed by atoms with Crippen molar-refractivity contribution in [2.75, 3.05) is 33.1 Å². The summed E-state index contributed by atoms with van der Waals surface area (Å²) in [6.45, 7) is 0.565. The van der Waals surface area contributed by atoms with Gasteiger partial charge in [0.1, 0.15) is 6.61 Å². The summed E-state index contributed by atoms with van der Waals surface area (Å²) in [5.41, 5.74) is 2.12. The number of fused-ring (bicyclic) bond motifs is 2. The molecule has 1 aliphatic carbocycles. The van der Waals surface area contributed by atoms with E-state index in [2.05, 4.69) is 29.3 Å². The van der Waals surface area contributed by atoms with Crippen molar-refractivity contribution >= 4 is 50.4 Å². The minimum Gasteiger partial charge on any atom is -0.493 e. The van der Waals surface area contributed by atoms with Crippen molar-refractivity contribution in [3.05, 3.63) is 101 Å². The van der Waals surface area contributed by atoms with E-state index in [1.165, 1.54) is 12.1 Å². The number of halogens is 4. The number of pyridine rings is 1. The highest BCUT2D eigenvalue weighted by molar-refractivity contribution is 6.31. The molecule has 6 nitrogen and oxygen atoms in total. The van der Waals surface area contributed by atoms with Crippen molar-refractivity contribution in [3.63, 3.8) is 0 Å². The Balaban J connectivity index is 1.25. The van der Waals surface area contributed by atoms with Crippen molar-refractivity contribution in [2.24, 2.45) is 0 Å². The number of anilines is 2. The molecule has 1 aromatic heterocycles. The molecule has 1 fully saturated rings. The molecule has 1 saturated carbocycles. The van der Waals surface area contributed by atoms with Crippen LogP contribution in [0.25, 0.3) is 21.7 Å². The summed E-state index contributed by atoms with van der Waals surface area (Å²) in [7, 11) is 5.74.